The Hall–Kier alpha value is -3.16. The van der Waals surface area contributed by atoms with Crippen molar-refractivity contribution in [3.05, 3.63) is 41.7 Å². The number of carboxylic acid groups (broad SMARTS) is 1. The van der Waals surface area contributed by atoms with Crippen molar-refractivity contribution < 1.29 is 19.5 Å². The molecule has 0 saturated carbocycles. The maximum Gasteiger partial charge on any atom is 0.339 e. The largest absolute Gasteiger partial charge is 0.478 e. The van der Waals surface area contributed by atoms with Crippen LogP contribution in [-0.2, 0) is 9.59 Å². The normalized spacial score (nSPS) is 17.0. The minimum Gasteiger partial charge on any atom is -0.478 e. The number of benzene rings is 1. The van der Waals surface area contributed by atoms with Crippen LogP contribution in [0.2, 0.25) is 0 Å². The third kappa shape index (κ3) is 3.23. The molecular formula is C17H18N4O4. The average Bonchev–Trinajstić information content (AvgIpc) is 3.11. The van der Waals surface area contributed by atoms with Gasteiger partial charge in [-0.05, 0) is 25.1 Å². The molecule has 1 aliphatic heterocycles. The fourth-order valence-corrected chi connectivity index (χ4v) is 2.88. The fourth-order valence-electron chi connectivity index (χ4n) is 2.88. The molecule has 1 aromatic carbocycles. The number of hydrogen-bond donors (Lipinski definition) is 2. The van der Waals surface area contributed by atoms with Crippen LogP contribution in [0.3, 0.4) is 0 Å². The highest BCUT2D eigenvalue weighted by atomic mass is 16.4. The lowest BCUT2D eigenvalue weighted by Crippen LogP contribution is -2.25. The average molecular weight is 342 g/mol. The van der Waals surface area contributed by atoms with Crippen molar-refractivity contribution in [2.45, 2.75) is 13.3 Å². The van der Waals surface area contributed by atoms with E-state index >= 15 is 0 Å². The molecule has 1 atom stereocenters. The van der Waals surface area contributed by atoms with E-state index in [2.05, 4.69) is 10.4 Å². The number of anilines is 1. The lowest BCUT2D eigenvalue weighted by Gasteiger charge is -2.12. The van der Waals surface area contributed by atoms with Crippen molar-refractivity contribution >= 4 is 23.5 Å². The summed E-state index contributed by atoms with van der Waals surface area (Å²) in [6.45, 7) is 2.08. The zero-order valence-corrected chi connectivity index (χ0v) is 13.9. The first kappa shape index (κ1) is 16.7. The van der Waals surface area contributed by atoms with Gasteiger partial charge < -0.3 is 15.3 Å². The molecule has 8 nitrogen and oxygen atoms in total. The van der Waals surface area contributed by atoms with Gasteiger partial charge in [0.1, 0.15) is 5.56 Å². The molecule has 2 amide bonds. The minimum absolute atomic E-state index is 0.0396. The van der Waals surface area contributed by atoms with E-state index in [1.165, 1.54) is 10.9 Å². The SMILES string of the molecule is Cc1c(C(=O)O)cnn1-c1cccc(NC(=O)C2CC(=O)N(C)C2)c1. The van der Waals surface area contributed by atoms with Crippen LogP contribution in [0.5, 0.6) is 0 Å². The number of carbonyl (C=O) groups is 3. The Morgan fingerprint density at radius 3 is 2.72 bits per heavy atom. The summed E-state index contributed by atoms with van der Waals surface area (Å²) in [6, 6.07) is 6.97. The smallest absolute Gasteiger partial charge is 0.339 e. The Morgan fingerprint density at radius 2 is 2.12 bits per heavy atom. The van der Waals surface area contributed by atoms with Crippen LogP contribution in [0.15, 0.2) is 30.5 Å². The second-order valence-corrected chi connectivity index (χ2v) is 6.08. The first-order valence-corrected chi connectivity index (χ1v) is 7.80. The summed E-state index contributed by atoms with van der Waals surface area (Å²) in [5.41, 5.74) is 1.83. The number of likely N-dealkylation sites (tertiary alicyclic amines) is 1. The van der Waals surface area contributed by atoms with E-state index in [1.807, 2.05) is 0 Å². The number of aromatic nitrogens is 2. The Morgan fingerprint density at radius 1 is 1.36 bits per heavy atom. The van der Waals surface area contributed by atoms with Crippen molar-refractivity contribution in [1.82, 2.24) is 14.7 Å². The summed E-state index contributed by atoms with van der Waals surface area (Å²) in [5.74, 6) is -1.66. The lowest BCUT2D eigenvalue weighted by molar-refractivity contribution is -0.127. The Bertz CT molecular complexity index is 858. The zero-order valence-electron chi connectivity index (χ0n) is 13.9. The Balaban J connectivity index is 1.79. The van der Waals surface area contributed by atoms with Crippen molar-refractivity contribution in [3.8, 4) is 5.69 Å². The molecule has 0 bridgehead atoms. The standard InChI is InChI=1S/C17H18N4O4/c1-10-14(17(24)25)8-18-21(10)13-5-3-4-12(7-13)19-16(23)11-6-15(22)20(2)9-11/h3-5,7-8,11H,6,9H2,1-2H3,(H,19,23)(H,24,25). The van der Waals surface area contributed by atoms with Crippen LogP contribution < -0.4 is 5.32 Å². The molecule has 0 aliphatic carbocycles. The first-order valence-electron chi connectivity index (χ1n) is 7.80. The number of hydrogen-bond acceptors (Lipinski definition) is 4. The second kappa shape index (κ2) is 6.39. The van der Waals surface area contributed by atoms with Crippen LogP contribution >= 0.6 is 0 Å². The van der Waals surface area contributed by atoms with E-state index in [0.717, 1.165) is 0 Å². The van der Waals surface area contributed by atoms with Gasteiger partial charge in [0, 0.05) is 25.7 Å². The molecule has 1 fully saturated rings. The van der Waals surface area contributed by atoms with Gasteiger partial charge in [0.25, 0.3) is 0 Å². The summed E-state index contributed by atoms with van der Waals surface area (Å²) in [4.78, 5) is 36.6. The van der Waals surface area contributed by atoms with Gasteiger partial charge in [-0.3, -0.25) is 9.59 Å². The topological polar surface area (TPSA) is 105 Å². The predicted molar refractivity (Wildman–Crippen MR) is 89.6 cm³/mol. The number of amides is 2. The first-order chi connectivity index (χ1) is 11.9. The summed E-state index contributed by atoms with van der Waals surface area (Å²) >= 11 is 0. The molecule has 3 rings (SSSR count). The number of carboxylic acids is 1. The van der Waals surface area contributed by atoms with Gasteiger partial charge in [-0.15, -0.1) is 0 Å². The van der Waals surface area contributed by atoms with Crippen LogP contribution in [0.25, 0.3) is 5.69 Å². The summed E-state index contributed by atoms with van der Waals surface area (Å²) in [7, 11) is 1.68. The highest BCUT2D eigenvalue weighted by molar-refractivity contribution is 5.97. The van der Waals surface area contributed by atoms with Crippen molar-refractivity contribution in [1.29, 1.82) is 0 Å². The Kier molecular flexibility index (Phi) is 4.26. The van der Waals surface area contributed by atoms with Gasteiger partial charge in [-0.1, -0.05) is 6.07 Å². The lowest BCUT2D eigenvalue weighted by atomic mass is 10.1. The molecule has 1 aliphatic rings. The summed E-state index contributed by atoms with van der Waals surface area (Å²) in [6.07, 6.45) is 1.51. The van der Waals surface area contributed by atoms with E-state index in [-0.39, 0.29) is 29.7 Å². The molecule has 1 unspecified atom stereocenters. The van der Waals surface area contributed by atoms with Gasteiger partial charge in [-0.25, -0.2) is 9.48 Å². The van der Waals surface area contributed by atoms with Crippen molar-refractivity contribution in [2.24, 2.45) is 5.92 Å². The molecule has 0 radical (unpaired) electrons. The maximum absolute atomic E-state index is 12.3. The van der Waals surface area contributed by atoms with Crippen molar-refractivity contribution in [3.63, 3.8) is 0 Å². The quantitative estimate of drug-likeness (QED) is 0.871. The van der Waals surface area contributed by atoms with Gasteiger partial charge in [0.05, 0.1) is 23.5 Å². The zero-order chi connectivity index (χ0) is 18.1. The van der Waals surface area contributed by atoms with Crippen LogP contribution in [0.1, 0.15) is 22.5 Å². The molecule has 1 saturated heterocycles. The molecule has 0 spiro atoms. The van der Waals surface area contributed by atoms with E-state index in [4.69, 9.17) is 5.11 Å². The number of aromatic carboxylic acids is 1. The summed E-state index contributed by atoms with van der Waals surface area (Å²) in [5, 5.41) is 16.0. The monoisotopic (exact) mass is 342 g/mol. The number of carbonyl (C=O) groups excluding carboxylic acids is 2. The molecule has 1 aromatic heterocycles. The van der Waals surface area contributed by atoms with Gasteiger partial charge >= 0.3 is 5.97 Å². The molecule has 2 aromatic rings. The fraction of sp³-hybridized carbons (Fsp3) is 0.294. The van der Waals surface area contributed by atoms with Crippen LogP contribution in [-0.4, -0.2) is 51.2 Å². The van der Waals surface area contributed by atoms with Crippen LogP contribution in [0, 0.1) is 12.8 Å². The van der Waals surface area contributed by atoms with Gasteiger partial charge in [-0.2, -0.15) is 5.10 Å². The highest BCUT2D eigenvalue weighted by Gasteiger charge is 2.32. The molecular weight excluding hydrogens is 324 g/mol. The van der Waals surface area contributed by atoms with E-state index in [1.54, 1.807) is 43.1 Å². The third-order valence-electron chi connectivity index (χ3n) is 4.31. The van der Waals surface area contributed by atoms with Crippen molar-refractivity contribution in [2.75, 3.05) is 18.9 Å². The molecule has 2 N–H and O–H groups in total. The van der Waals surface area contributed by atoms with Crippen LogP contribution in [0.4, 0.5) is 5.69 Å². The molecule has 130 valence electrons. The second-order valence-electron chi connectivity index (χ2n) is 6.08. The third-order valence-corrected chi connectivity index (χ3v) is 4.31. The van der Waals surface area contributed by atoms with E-state index in [9.17, 15) is 14.4 Å². The number of nitrogens with zero attached hydrogens (tertiary/aromatic N) is 3. The minimum atomic E-state index is -1.04. The number of rotatable bonds is 4. The van der Waals surface area contributed by atoms with E-state index < -0.39 is 5.97 Å². The van der Waals surface area contributed by atoms with Gasteiger partial charge in [0.2, 0.25) is 11.8 Å². The predicted octanol–water partition coefficient (Wildman–Crippen LogP) is 1.30. The molecule has 2 heterocycles. The summed E-state index contributed by atoms with van der Waals surface area (Å²) < 4.78 is 1.51. The van der Waals surface area contributed by atoms with E-state index in [0.29, 0.717) is 23.6 Å². The maximum atomic E-state index is 12.3. The molecule has 25 heavy (non-hydrogen) atoms. The Labute approximate surface area is 144 Å². The number of nitrogens with one attached hydrogen (secondary N) is 1. The highest BCUT2D eigenvalue weighted by Crippen LogP contribution is 2.21. The van der Waals surface area contributed by atoms with Gasteiger partial charge in [0.15, 0.2) is 0 Å². The molecule has 8 heteroatoms.